The number of aliphatic carboxylic acids is 1. The summed E-state index contributed by atoms with van der Waals surface area (Å²) >= 11 is 9.22. The van der Waals surface area contributed by atoms with Crippen molar-refractivity contribution in [1.82, 2.24) is 5.32 Å². The number of para-hydroxylation sites is 1. The monoisotopic (exact) mass is 471 g/mol. The summed E-state index contributed by atoms with van der Waals surface area (Å²) in [6, 6.07) is 20.4. The summed E-state index contributed by atoms with van der Waals surface area (Å²) in [7, 11) is 0. The fraction of sp³-hybridized carbons (Fsp3) is 0. The molecule has 0 spiro atoms. The molecule has 5 nitrogen and oxygen atoms in total. The highest BCUT2D eigenvalue weighted by atomic mass is 79.9. The van der Waals surface area contributed by atoms with Crippen molar-refractivity contribution in [2.45, 2.75) is 0 Å². The Morgan fingerprint density at radius 2 is 1.62 bits per heavy atom. The fourth-order valence-electron chi connectivity index (χ4n) is 2.40. The van der Waals surface area contributed by atoms with Crippen LogP contribution in [-0.2, 0) is 4.79 Å². The van der Waals surface area contributed by atoms with Gasteiger partial charge in [-0.25, -0.2) is 4.79 Å². The molecule has 2 N–H and O–H groups in total. The first-order chi connectivity index (χ1) is 13.9. The number of carboxylic acids is 1. The van der Waals surface area contributed by atoms with Crippen LogP contribution in [0.5, 0.6) is 11.5 Å². The van der Waals surface area contributed by atoms with Gasteiger partial charge in [-0.05, 0) is 76.1 Å². The van der Waals surface area contributed by atoms with E-state index < -0.39 is 11.9 Å². The van der Waals surface area contributed by atoms with E-state index in [2.05, 4.69) is 21.2 Å². The summed E-state index contributed by atoms with van der Waals surface area (Å²) in [6.45, 7) is 0. The Balaban J connectivity index is 1.75. The van der Waals surface area contributed by atoms with Gasteiger partial charge in [0.25, 0.3) is 5.91 Å². The van der Waals surface area contributed by atoms with Gasteiger partial charge in [-0.1, -0.05) is 35.9 Å². The Morgan fingerprint density at radius 1 is 0.966 bits per heavy atom. The van der Waals surface area contributed by atoms with Crippen LogP contribution in [-0.4, -0.2) is 17.0 Å². The third-order valence-corrected chi connectivity index (χ3v) is 4.75. The minimum absolute atomic E-state index is 0.246. The minimum atomic E-state index is -1.25. The molecule has 0 radical (unpaired) electrons. The number of halogens is 2. The normalized spacial score (nSPS) is 11.0. The standard InChI is InChI=1S/C22H15BrClNO4/c23-18-3-1-2-4-20(18)29-17-11-5-14(6-12-17)13-19(22(27)28)25-21(26)15-7-9-16(24)10-8-15/h1-13H,(H,25,26)(H,27,28)/b19-13+. The Hall–Kier alpha value is -3.09. The molecule has 0 aliphatic heterocycles. The van der Waals surface area contributed by atoms with Crippen LogP contribution in [0, 0.1) is 0 Å². The number of hydrogen-bond acceptors (Lipinski definition) is 3. The number of amides is 1. The third-order valence-electron chi connectivity index (χ3n) is 3.84. The number of hydrogen-bond donors (Lipinski definition) is 2. The summed E-state index contributed by atoms with van der Waals surface area (Å²) in [5.41, 5.74) is 0.654. The molecule has 146 valence electrons. The summed E-state index contributed by atoms with van der Waals surface area (Å²) in [5, 5.41) is 12.3. The molecule has 0 aliphatic rings. The molecule has 1 amide bonds. The zero-order chi connectivity index (χ0) is 20.8. The summed E-state index contributed by atoms with van der Waals surface area (Å²) in [5.74, 6) is -0.529. The lowest BCUT2D eigenvalue weighted by molar-refractivity contribution is -0.132. The molecule has 0 bridgehead atoms. The fourth-order valence-corrected chi connectivity index (χ4v) is 2.89. The van der Waals surface area contributed by atoms with Gasteiger partial charge in [0, 0.05) is 10.6 Å². The topological polar surface area (TPSA) is 75.6 Å². The summed E-state index contributed by atoms with van der Waals surface area (Å²) in [4.78, 5) is 23.8. The van der Waals surface area contributed by atoms with Crippen LogP contribution >= 0.6 is 27.5 Å². The second-order valence-corrected chi connectivity index (χ2v) is 7.22. The number of carbonyl (C=O) groups is 2. The molecular formula is C22H15BrClNO4. The van der Waals surface area contributed by atoms with Crippen molar-refractivity contribution in [3.05, 3.63) is 99.1 Å². The Kier molecular flexibility index (Phi) is 6.69. The Bertz CT molecular complexity index is 1060. The molecule has 0 aliphatic carbocycles. The van der Waals surface area contributed by atoms with E-state index in [1.165, 1.54) is 18.2 Å². The van der Waals surface area contributed by atoms with Crippen molar-refractivity contribution < 1.29 is 19.4 Å². The minimum Gasteiger partial charge on any atom is -0.477 e. The highest BCUT2D eigenvalue weighted by Crippen LogP contribution is 2.29. The number of carbonyl (C=O) groups excluding carboxylic acids is 1. The van der Waals surface area contributed by atoms with Gasteiger partial charge < -0.3 is 15.2 Å². The maximum absolute atomic E-state index is 12.3. The van der Waals surface area contributed by atoms with E-state index in [0.29, 0.717) is 27.6 Å². The van der Waals surface area contributed by atoms with Gasteiger partial charge >= 0.3 is 5.97 Å². The number of carboxylic acid groups (broad SMARTS) is 1. The first-order valence-electron chi connectivity index (χ1n) is 8.47. The Labute approximate surface area is 180 Å². The zero-order valence-electron chi connectivity index (χ0n) is 14.9. The van der Waals surface area contributed by atoms with Gasteiger partial charge in [-0.2, -0.15) is 0 Å². The third kappa shape index (κ3) is 5.70. The van der Waals surface area contributed by atoms with Gasteiger partial charge in [0.1, 0.15) is 17.2 Å². The molecule has 3 rings (SSSR count). The molecular weight excluding hydrogens is 458 g/mol. The summed E-state index contributed by atoms with van der Waals surface area (Å²) < 4.78 is 6.61. The van der Waals surface area contributed by atoms with Crippen LogP contribution in [0.2, 0.25) is 5.02 Å². The lowest BCUT2D eigenvalue weighted by Gasteiger charge is -2.09. The van der Waals surface area contributed by atoms with Gasteiger partial charge in [-0.15, -0.1) is 0 Å². The average Bonchev–Trinajstić information content (AvgIpc) is 2.71. The van der Waals surface area contributed by atoms with Crippen LogP contribution < -0.4 is 10.1 Å². The average molecular weight is 473 g/mol. The maximum Gasteiger partial charge on any atom is 0.352 e. The van der Waals surface area contributed by atoms with Gasteiger partial charge in [0.15, 0.2) is 0 Å². The predicted octanol–water partition coefficient (Wildman–Crippen LogP) is 5.75. The van der Waals surface area contributed by atoms with E-state index in [1.807, 2.05) is 24.3 Å². The van der Waals surface area contributed by atoms with Crippen LogP contribution in [0.3, 0.4) is 0 Å². The second kappa shape index (κ2) is 9.41. The zero-order valence-corrected chi connectivity index (χ0v) is 17.3. The lowest BCUT2D eigenvalue weighted by atomic mass is 10.1. The van der Waals surface area contributed by atoms with Crippen molar-refractivity contribution in [2.75, 3.05) is 0 Å². The predicted molar refractivity (Wildman–Crippen MR) is 115 cm³/mol. The number of nitrogens with one attached hydrogen (secondary N) is 1. The molecule has 0 saturated carbocycles. The summed E-state index contributed by atoms with van der Waals surface area (Å²) in [6.07, 6.45) is 1.37. The second-order valence-electron chi connectivity index (χ2n) is 5.93. The lowest BCUT2D eigenvalue weighted by Crippen LogP contribution is -2.27. The van der Waals surface area contributed by atoms with E-state index >= 15 is 0 Å². The van der Waals surface area contributed by atoms with Crippen molar-refractivity contribution >= 4 is 45.5 Å². The highest BCUT2D eigenvalue weighted by Gasteiger charge is 2.13. The molecule has 0 heterocycles. The van der Waals surface area contributed by atoms with E-state index in [1.54, 1.807) is 36.4 Å². The smallest absolute Gasteiger partial charge is 0.352 e. The van der Waals surface area contributed by atoms with Gasteiger partial charge in [-0.3, -0.25) is 4.79 Å². The quantitative estimate of drug-likeness (QED) is 0.448. The Morgan fingerprint density at radius 3 is 2.24 bits per heavy atom. The molecule has 0 unspecified atom stereocenters. The van der Waals surface area contributed by atoms with E-state index in [4.69, 9.17) is 16.3 Å². The van der Waals surface area contributed by atoms with Gasteiger partial charge in [0.05, 0.1) is 4.47 Å². The van der Waals surface area contributed by atoms with Crippen LogP contribution in [0.4, 0.5) is 0 Å². The molecule has 0 saturated heterocycles. The number of ether oxygens (including phenoxy) is 1. The van der Waals surface area contributed by atoms with Crippen LogP contribution in [0.15, 0.2) is 83.0 Å². The molecule has 29 heavy (non-hydrogen) atoms. The van der Waals surface area contributed by atoms with Crippen molar-refractivity contribution in [3.63, 3.8) is 0 Å². The molecule has 0 aromatic heterocycles. The van der Waals surface area contributed by atoms with Crippen molar-refractivity contribution in [3.8, 4) is 11.5 Å². The molecule has 3 aromatic rings. The largest absolute Gasteiger partial charge is 0.477 e. The van der Waals surface area contributed by atoms with Crippen LogP contribution in [0.1, 0.15) is 15.9 Å². The number of rotatable bonds is 6. The van der Waals surface area contributed by atoms with Gasteiger partial charge in [0.2, 0.25) is 0 Å². The maximum atomic E-state index is 12.3. The molecule has 7 heteroatoms. The number of benzene rings is 3. The molecule has 3 aromatic carbocycles. The molecule has 0 fully saturated rings. The highest BCUT2D eigenvalue weighted by molar-refractivity contribution is 9.10. The SMILES string of the molecule is O=C(O)/C(=C\c1ccc(Oc2ccccc2Br)cc1)NC(=O)c1ccc(Cl)cc1. The molecule has 0 atom stereocenters. The van der Waals surface area contributed by atoms with Crippen molar-refractivity contribution in [2.24, 2.45) is 0 Å². The van der Waals surface area contributed by atoms with E-state index in [9.17, 15) is 14.7 Å². The first kappa shape index (κ1) is 20.6. The van der Waals surface area contributed by atoms with E-state index in [0.717, 1.165) is 4.47 Å². The first-order valence-corrected chi connectivity index (χ1v) is 9.64. The van der Waals surface area contributed by atoms with Crippen LogP contribution in [0.25, 0.3) is 6.08 Å². The van der Waals surface area contributed by atoms with Crippen molar-refractivity contribution in [1.29, 1.82) is 0 Å². The van der Waals surface area contributed by atoms with E-state index in [-0.39, 0.29) is 5.70 Å².